The minimum atomic E-state index is -0.274. The highest BCUT2D eigenvalue weighted by Gasteiger charge is 2.18. The van der Waals surface area contributed by atoms with Crippen molar-refractivity contribution in [2.24, 2.45) is 7.05 Å². The minimum absolute atomic E-state index is 0.139. The summed E-state index contributed by atoms with van der Waals surface area (Å²) >= 11 is 2.74. The van der Waals surface area contributed by atoms with Crippen LogP contribution in [0.2, 0.25) is 0 Å². The first-order valence-electron chi connectivity index (χ1n) is 11.0. The molecule has 0 unspecified atom stereocenters. The Labute approximate surface area is 207 Å². The van der Waals surface area contributed by atoms with Crippen LogP contribution in [0.4, 0.5) is 5.13 Å². The molecule has 0 spiro atoms. The number of nitrogens with zero attached hydrogens (tertiary/aromatic N) is 4. The summed E-state index contributed by atoms with van der Waals surface area (Å²) in [6.07, 6.45) is 0.715. The molecule has 4 rings (SSSR count). The van der Waals surface area contributed by atoms with E-state index in [-0.39, 0.29) is 17.8 Å². The Bertz CT molecular complexity index is 1250. The number of hydrogen-bond acceptors (Lipinski definition) is 7. The van der Waals surface area contributed by atoms with Crippen molar-refractivity contribution in [1.82, 2.24) is 19.7 Å². The molecule has 1 amide bonds. The Kier molecular flexibility index (Phi) is 7.64. The van der Waals surface area contributed by atoms with Crippen molar-refractivity contribution in [2.45, 2.75) is 38.5 Å². The van der Waals surface area contributed by atoms with Gasteiger partial charge < -0.3 is 14.6 Å². The third kappa shape index (κ3) is 5.84. The van der Waals surface area contributed by atoms with Gasteiger partial charge >= 0.3 is 0 Å². The summed E-state index contributed by atoms with van der Waals surface area (Å²) in [5.41, 5.74) is 4.34. The average Bonchev–Trinajstić information content (AvgIpc) is 3.45. The van der Waals surface area contributed by atoms with E-state index in [2.05, 4.69) is 39.6 Å². The molecular weight excluding hydrogens is 466 g/mol. The van der Waals surface area contributed by atoms with Crippen LogP contribution in [0.15, 0.2) is 59.1 Å². The second-order valence-corrected chi connectivity index (χ2v) is 9.70. The zero-order valence-electron chi connectivity index (χ0n) is 19.6. The number of aromatic nitrogens is 4. The number of thioether (sulfide) groups is 1. The van der Waals surface area contributed by atoms with Gasteiger partial charge in [-0.1, -0.05) is 60.6 Å². The van der Waals surface area contributed by atoms with Crippen molar-refractivity contribution >= 4 is 34.1 Å². The van der Waals surface area contributed by atoms with E-state index in [1.165, 1.54) is 34.2 Å². The predicted molar refractivity (Wildman–Crippen MR) is 138 cm³/mol. The van der Waals surface area contributed by atoms with E-state index in [0.717, 1.165) is 23.4 Å². The third-order valence-corrected chi connectivity index (χ3v) is 7.08. The highest BCUT2D eigenvalue weighted by Crippen LogP contribution is 2.26. The van der Waals surface area contributed by atoms with Crippen LogP contribution < -0.4 is 10.1 Å². The lowest BCUT2D eigenvalue weighted by Gasteiger charge is -2.14. The van der Waals surface area contributed by atoms with Crippen LogP contribution in [0.25, 0.3) is 11.3 Å². The van der Waals surface area contributed by atoms with E-state index < -0.39 is 0 Å². The zero-order valence-corrected chi connectivity index (χ0v) is 21.2. The molecule has 0 saturated heterocycles. The molecule has 1 atom stereocenters. The molecule has 2 heterocycles. The molecule has 9 heteroatoms. The summed E-state index contributed by atoms with van der Waals surface area (Å²) in [6.45, 7) is 6.11. The second kappa shape index (κ2) is 10.8. The van der Waals surface area contributed by atoms with Gasteiger partial charge in [0, 0.05) is 18.0 Å². The van der Waals surface area contributed by atoms with Crippen LogP contribution in [0.5, 0.6) is 5.75 Å². The SMILES string of the molecule is CCc1ccc(O[C@@H](C)c2nnc(SCC(=O)Nc3nc(-c4ccc(C)cc4)cs3)n2C)cc1. The van der Waals surface area contributed by atoms with Gasteiger partial charge in [0.1, 0.15) is 5.75 Å². The van der Waals surface area contributed by atoms with Crippen LogP contribution in [0.1, 0.15) is 36.9 Å². The van der Waals surface area contributed by atoms with Gasteiger partial charge in [-0.25, -0.2) is 4.98 Å². The zero-order chi connectivity index (χ0) is 24.1. The lowest BCUT2D eigenvalue weighted by Crippen LogP contribution is -2.14. The Hall–Kier alpha value is -3.17. The third-order valence-electron chi connectivity index (χ3n) is 5.31. The van der Waals surface area contributed by atoms with Crippen molar-refractivity contribution in [3.8, 4) is 17.0 Å². The van der Waals surface area contributed by atoms with E-state index in [0.29, 0.717) is 16.1 Å². The van der Waals surface area contributed by atoms with E-state index in [1.807, 2.05) is 67.2 Å². The van der Waals surface area contributed by atoms with Gasteiger partial charge in [0.2, 0.25) is 5.91 Å². The minimum Gasteiger partial charge on any atom is -0.483 e. The Morgan fingerprint density at radius 1 is 1.15 bits per heavy atom. The van der Waals surface area contributed by atoms with Gasteiger partial charge in [-0.2, -0.15) is 0 Å². The van der Waals surface area contributed by atoms with Gasteiger partial charge in [0.05, 0.1) is 11.4 Å². The fourth-order valence-corrected chi connectivity index (χ4v) is 4.79. The van der Waals surface area contributed by atoms with E-state index >= 15 is 0 Å². The molecule has 34 heavy (non-hydrogen) atoms. The number of carbonyl (C=O) groups is 1. The highest BCUT2D eigenvalue weighted by atomic mass is 32.2. The number of thiazole rings is 1. The van der Waals surface area contributed by atoms with Crippen LogP contribution in [-0.2, 0) is 18.3 Å². The molecule has 0 aliphatic heterocycles. The maximum Gasteiger partial charge on any atom is 0.236 e. The number of ether oxygens (including phenoxy) is 1. The molecule has 0 fully saturated rings. The van der Waals surface area contributed by atoms with Crippen molar-refractivity contribution in [3.63, 3.8) is 0 Å². The standard InChI is InChI=1S/C25H27N5O2S2/c1-5-18-8-12-20(13-9-18)32-17(3)23-28-29-25(30(23)4)34-15-22(31)27-24-26-21(14-33-24)19-10-6-16(2)7-11-19/h6-14,17H,5,15H2,1-4H3,(H,26,27,31)/t17-/m0/s1. The number of hydrogen-bond donors (Lipinski definition) is 1. The fraction of sp³-hybridized carbons (Fsp3) is 0.280. The molecule has 0 radical (unpaired) electrons. The molecule has 0 aliphatic carbocycles. The highest BCUT2D eigenvalue weighted by molar-refractivity contribution is 7.99. The molecule has 2 aromatic heterocycles. The lowest BCUT2D eigenvalue weighted by atomic mass is 10.1. The molecule has 0 saturated carbocycles. The molecule has 0 bridgehead atoms. The first-order valence-corrected chi connectivity index (χ1v) is 12.9. The van der Waals surface area contributed by atoms with Crippen molar-refractivity contribution in [3.05, 3.63) is 70.9 Å². The first kappa shape index (κ1) is 24.0. The monoisotopic (exact) mass is 493 g/mol. The maximum absolute atomic E-state index is 12.5. The number of rotatable bonds is 9. The van der Waals surface area contributed by atoms with Crippen molar-refractivity contribution in [1.29, 1.82) is 0 Å². The molecular formula is C25H27N5O2S2. The van der Waals surface area contributed by atoms with Gasteiger partial charge in [0.15, 0.2) is 22.2 Å². The predicted octanol–water partition coefficient (Wildman–Crippen LogP) is 5.68. The number of anilines is 1. The van der Waals surface area contributed by atoms with Gasteiger partial charge in [0.25, 0.3) is 0 Å². The summed E-state index contributed by atoms with van der Waals surface area (Å²) < 4.78 is 7.89. The molecule has 1 N–H and O–H groups in total. The summed E-state index contributed by atoms with van der Waals surface area (Å²) in [6, 6.07) is 16.2. The Balaban J connectivity index is 1.31. The van der Waals surface area contributed by atoms with Gasteiger partial charge in [-0.05, 0) is 38.0 Å². The number of benzene rings is 2. The van der Waals surface area contributed by atoms with Crippen molar-refractivity contribution in [2.75, 3.05) is 11.1 Å². The summed E-state index contributed by atoms with van der Waals surface area (Å²) in [4.78, 5) is 17.0. The Morgan fingerprint density at radius 3 is 2.59 bits per heavy atom. The van der Waals surface area contributed by atoms with E-state index in [9.17, 15) is 4.79 Å². The number of aryl methyl sites for hydroxylation is 2. The normalized spacial score (nSPS) is 11.9. The van der Waals surface area contributed by atoms with Crippen LogP contribution in [0.3, 0.4) is 0 Å². The molecule has 0 aliphatic rings. The number of nitrogens with one attached hydrogen (secondary N) is 1. The molecule has 4 aromatic rings. The van der Waals surface area contributed by atoms with Crippen LogP contribution >= 0.6 is 23.1 Å². The van der Waals surface area contributed by atoms with Crippen LogP contribution in [0, 0.1) is 6.92 Å². The fourth-order valence-electron chi connectivity index (χ4n) is 3.34. The number of carbonyl (C=O) groups excluding carboxylic acids is 1. The maximum atomic E-state index is 12.5. The van der Waals surface area contributed by atoms with E-state index in [1.54, 1.807) is 0 Å². The van der Waals surface area contributed by atoms with Gasteiger partial charge in [-0.3, -0.25) is 4.79 Å². The largest absolute Gasteiger partial charge is 0.483 e. The lowest BCUT2D eigenvalue weighted by molar-refractivity contribution is -0.113. The molecule has 176 valence electrons. The quantitative estimate of drug-likeness (QED) is 0.302. The summed E-state index contributed by atoms with van der Waals surface area (Å²) in [5, 5.41) is 14.6. The smallest absolute Gasteiger partial charge is 0.236 e. The second-order valence-electron chi connectivity index (χ2n) is 7.90. The average molecular weight is 494 g/mol. The molecule has 2 aromatic carbocycles. The Morgan fingerprint density at radius 2 is 1.88 bits per heavy atom. The topological polar surface area (TPSA) is 81.9 Å². The van der Waals surface area contributed by atoms with Crippen molar-refractivity contribution < 1.29 is 9.53 Å². The molecule has 7 nitrogen and oxygen atoms in total. The number of amides is 1. The first-order chi connectivity index (χ1) is 16.4. The van der Waals surface area contributed by atoms with E-state index in [4.69, 9.17) is 4.74 Å². The van der Waals surface area contributed by atoms with Gasteiger partial charge in [-0.15, -0.1) is 21.5 Å². The van der Waals surface area contributed by atoms with Crippen LogP contribution in [-0.4, -0.2) is 31.4 Å². The summed E-state index contributed by atoms with van der Waals surface area (Å²) in [7, 11) is 1.88. The summed E-state index contributed by atoms with van der Waals surface area (Å²) in [5.74, 6) is 1.55.